The minimum atomic E-state index is -0.429. The molecule has 0 aliphatic heterocycles. The lowest BCUT2D eigenvalue weighted by Gasteiger charge is -2.31. The molecule has 6 heteroatoms. The van der Waals surface area contributed by atoms with Crippen LogP contribution in [0.5, 0.6) is 0 Å². The number of nitrogens with one attached hydrogen (secondary N) is 1. The molecule has 1 atom stereocenters. The highest BCUT2D eigenvalue weighted by Crippen LogP contribution is 2.27. The van der Waals surface area contributed by atoms with Crippen LogP contribution in [0.1, 0.15) is 32.9 Å². The van der Waals surface area contributed by atoms with Crippen molar-refractivity contribution in [2.75, 3.05) is 11.9 Å². The van der Waals surface area contributed by atoms with Gasteiger partial charge in [0.15, 0.2) is 0 Å². The van der Waals surface area contributed by atoms with E-state index in [4.69, 9.17) is 5.73 Å². The Morgan fingerprint density at radius 1 is 1.53 bits per heavy atom. The van der Waals surface area contributed by atoms with Gasteiger partial charge in [-0.1, -0.05) is 13.8 Å². The first-order chi connectivity index (χ1) is 8.77. The summed E-state index contributed by atoms with van der Waals surface area (Å²) in [7, 11) is 0. The van der Waals surface area contributed by atoms with Crippen LogP contribution in [-0.2, 0) is 0 Å². The van der Waals surface area contributed by atoms with E-state index in [9.17, 15) is 10.1 Å². The standard InChI is InChI=1S/C13H22N4O2/c1-9(2)7-13(4,8-14)16-12-11(17(18)19)6-5-10(3)15-12/h5-6,9H,7-8,14H2,1-4H3,(H,15,16). The first-order valence-corrected chi connectivity index (χ1v) is 6.37. The van der Waals surface area contributed by atoms with Crippen LogP contribution in [0.15, 0.2) is 12.1 Å². The summed E-state index contributed by atoms with van der Waals surface area (Å²) in [5.41, 5.74) is 6.12. The van der Waals surface area contributed by atoms with Crippen molar-refractivity contribution in [1.82, 2.24) is 4.98 Å². The molecule has 0 spiro atoms. The molecule has 0 aromatic carbocycles. The molecule has 0 saturated heterocycles. The molecule has 1 aromatic heterocycles. The maximum atomic E-state index is 11.0. The first kappa shape index (κ1) is 15.4. The van der Waals surface area contributed by atoms with Crippen molar-refractivity contribution in [3.05, 3.63) is 27.9 Å². The summed E-state index contributed by atoms with van der Waals surface area (Å²) < 4.78 is 0. The molecule has 1 unspecified atom stereocenters. The molecule has 6 nitrogen and oxygen atoms in total. The molecular weight excluding hydrogens is 244 g/mol. The van der Waals surface area contributed by atoms with Crippen LogP contribution >= 0.6 is 0 Å². The van der Waals surface area contributed by atoms with E-state index in [1.54, 1.807) is 13.0 Å². The zero-order valence-electron chi connectivity index (χ0n) is 11.9. The summed E-state index contributed by atoms with van der Waals surface area (Å²) in [5.74, 6) is 0.725. The van der Waals surface area contributed by atoms with E-state index >= 15 is 0 Å². The van der Waals surface area contributed by atoms with Gasteiger partial charge in [-0.05, 0) is 32.3 Å². The second-order valence-electron chi connectivity index (χ2n) is 5.57. The van der Waals surface area contributed by atoms with Gasteiger partial charge in [-0.15, -0.1) is 0 Å². The topological polar surface area (TPSA) is 94.1 Å². The van der Waals surface area contributed by atoms with Gasteiger partial charge in [0.25, 0.3) is 0 Å². The summed E-state index contributed by atoms with van der Waals surface area (Å²) in [5, 5.41) is 14.2. The quantitative estimate of drug-likeness (QED) is 0.609. The highest BCUT2D eigenvalue weighted by Gasteiger charge is 2.27. The third kappa shape index (κ3) is 4.17. The Morgan fingerprint density at radius 3 is 2.63 bits per heavy atom. The van der Waals surface area contributed by atoms with Gasteiger partial charge in [0.05, 0.1) is 4.92 Å². The Labute approximate surface area is 113 Å². The average Bonchev–Trinajstić information content (AvgIpc) is 2.27. The Balaban J connectivity index is 3.08. The van der Waals surface area contributed by atoms with Crippen molar-refractivity contribution >= 4 is 11.5 Å². The summed E-state index contributed by atoms with van der Waals surface area (Å²) >= 11 is 0. The maximum absolute atomic E-state index is 11.0. The van der Waals surface area contributed by atoms with Gasteiger partial charge in [-0.2, -0.15) is 0 Å². The molecule has 1 rings (SSSR count). The lowest BCUT2D eigenvalue weighted by molar-refractivity contribution is -0.384. The number of aromatic nitrogens is 1. The second kappa shape index (κ2) is 5.97. The maximum Gasteiger partial charge on any atom is 0.311 e. The van der Waals surface area contributed by atoms with Gasteiger partial charge in [0.1, 0.15) is 0 Å². The van der Waals surface area contributed by atoms with Gasteiger partial charge in [0.2, 0.25) is 5.82 Å². The molecular formula is C13H22N4O2. The third-order valence-electron chi connectivity index (χ3n) is 2.94. The minimum Gasteiger partial charge on any atom is -0.358 e. The fourth-order valence-corrected chi connectivity index (χ4v) is 2.16. The van der Waals surface area contributed by atoms with Crippen molar-refractivity contribution in [1.29, 1.82) is 0 Å². The predicted octanol–water partition coefficient (Wildman–Crippen LogP) is 2.47. The molecule has 0 aliphatic carbocycles. The fourth-order valence-electron chi connectivity index (χ4n) is 2.16. The molecule has 106 valence electrons. The van der Waals surface area contributed by atoms with E-state index in [1.165, 1.54) is 6.07 Å². The van der Waals surface area contributed by atoms with E-state index in [-0.39, 0.29) is 5.69 Å². The van der Waals surface area contributed by atoms with E-state index in [0.29, 0.717) is 18.3 Å². The summed E-state index contributed by atoms with van der Waals surface area (Å²) in [6, 6.07) is 3.10. The molecule has 0 amide bonds. The number of hydrogen-bond donors (Lipinski definition) is 2. The zero-order valence-corrected chi connectivity index (χ0v) is 11.9. The van der Waals surface area contributed by atoms with Crippen LogP contribution in [0.25, 0.3) is 0 Å². The van der Waals surface area contributed by atoms with Gasteiger partial charge >= 0.3 is 5.69 Å². The molecule has 0 bridgehead atoms. The van der Waals surface area contributed by atoms with Crippen LogP contribution < -0.4 is 11.1 Å². The molecule has 0 saturated carbocycles. The smallest absolute Gasteiger partial charge is 0.311 e. The third-order valence-corrected chi connectivity index (χ3v) is 2.94. The summed E-state index contributed by atoms with van der Waals surface area (Å²) in [6.07, 6.45) is 0.816. The van der Waals surface area contributed by atoms with Crippen molar-refractivity contribution < 1.29 is 4.92 Å². The minimum absolute atomic E-state index is 0.0194. The number of rotatable bonds is 6. The Kier molecular flexibility index (Phi) is 4.83. The second-order valence-corrected chi connectivity index (χ2v) is 5.57. The monoisotopic (exact) mass is 266 g/mol. The summed E-state index contributed by atoms with van der Waals surface area (Å²) in [4.78, 5) is 14.8. The van der Waals surface area contributed by atoms with Crippen molar-refractivity contribution in [3.63, 3.8) is 0 Å². The molecule has 0 fully saturated rings. The molecule has 1 heterocycles. The van der Waals surface area contributed by atoms with E-state index in [0.717, 1.165) is 12.1 Å². The molecule has 3 N–H and O–H groups in total. The van der Waals surface area contributed by atoms with Crippen molar-refractivity contribution in [3.8, 4) is 0 Å². The van der Waals surface area contributed by atoms with E-state index in [1.807, 2.05) is 6.92 Å². The fraction of sp³-hybridized carbons (Fsp3) is 0.615. The molecule has 0 radical (unpaired) electrons. The van der Waals surface area contributed by atoms with E-state index in [2.05, 4.69) is 24.1 Å². The van der Waals surface area contributed by atoms with Crippen LogP contribution in [0.2, 0.25) is 0 Å². The normalized spacial score (nSPS) is 14.2. The van der Waals surface area contributed by atoms with Gasteiger partial charge in [0, 0.05) is 23.8 Å². The first-order valence-electron chi connectivity index (χ1n) is 6.37. The Bertz CT molecular complexity index is 462. The zero-order chi connectivity index (χ0) is 14.6. The largest absolute Gasteiger partial charge is 0.358 e. The van der Waals surface area contributed by atoms with Crippen molar-refractivity contribution in [2.24, 2.45) is 11.7 Å². The van der Waals surface area contributed by atoms with Gasteiger partial charge in [-0.3, -0.25) is 10.1 Å². The number of pyridine rings is 1. The van der Waals surface area contributed by atoms with Gasteiger partial charge < -0.3 is 11.1 Å². The predicted molar refractivity (Wildman–Crippen MR) is 76.2 cm³/mol. The molecule has 1 aromatic rings. The average molecular weight is 266 g/mol. The van der Waals surface area contributed by atoms with Crippen molar-refractivity contribution in [2.45, 2.75) is 39.7 Å². The lowest BCUT2D eigenvalue weighted by Crippen LogP contribution is -2.44. The van der Waals surface area contributed by atoms with Gasteiger partial charge in [-0.25, -0.2) is 4.98 Å². The van der Waals surface area contributed by atoms with Crippen LogP contribution in [0, 0.1) is 23.0 Å². The Morgan fingerprint density at radius 2 is 2.16 bits per heavy atom. The number of hydrogen-bond acceptors (Lipinski definition) is 5. The number of nitrogens with two attached hydrogens (primary N) is 1. The van der Waals surface area contributed by atoms with Crippen LogP contribution in [0.4, 0.5) is 11.5 Å². The van der Waals surface area contributed by atoms with Crippen LogP contribution in [-0.4, -0.2) is 22.0 Å². The number of anilines is 1. The number of aryl methyl sites for hydroxylation is 1. The highest BCUT2D eigenvalue weighted by atomic mass is 16.6. The van der Waals surface area contributed by atoms with Crippen LogP contribution in [0.3, 0.4) is 0 Å². The molecule has 0 aliphatic rings. The highest BCUT2D eigenvalue weighted by molar-refractivity contribution is 5.57. The lowest BCUT2D eigenvalue weighted by atomic mass is 9.90. The van der Waals surface area contributed by atoms with E-state index < -0.39 is 10.5 Å². The Hall–Kier alpha value is -1.69. The SMILES string of the molecule is Cc1ccc([N+](=O)[O-])c(NC(C)(CN)CC(C)C)n1. The summed E-state index contributed by atoms with van der Waals surface area (Å²) in [6.45, 7) is 8.33. The molecule has 19 heavy (non-hydrogen) atoms. The number of nitro groups is 1. The number of nitrogens with zero attached hydrogens (tertiary/aromatic N) is 2.